The standard InChI is InChI=1S/C16H26N2O/c1-3-17-12-14-6-8-16(9-7-14)19-11-10-18(2)13-15-4-5-15/h6-9,15,17H,3-5,10-13H2,1-2H3. The summed E-state index contributed by atoms with van der Waals surface area (Å²) < 4.78 is 5.78. The molecule has 19 heavy (non-hydrogen) atoms. The molecule has 0 aromatic heterocycles. The molecule has 1 N–H and O–H groups in total. The zero-order valence-corrected chi connectivity index (χ0v) is 12.2. The number of nitrogens with one attached hydrogen (secondary N) is 1. The maximum absolute atomic E-state index is 5.78. The van der Waals surface area contributed by atoms with Crippen molar-refractivity contribution in [3.8, 4) is 5.75 Å². The number of hydrogen-bond donors (Lipinski definition) is 1. The van der Waals surface area contributed by atoms with Crippen molar-refractivity contribution in [2.45, 2.75) is 26.3 Å². The molecule has 1 aliphatic carbocycles. The van der Waals surface area contributed by atoms with E-state index in [-0.39, 0.29) is 0 Å². The fraction of sp³-hybridized carbons (Fsp3) is 0.625. The summed E-state index contributed by atoms with van der Waals surface area (Å²) in [6, 6.07) is 8.39. The van der Waals surface area contributed by atoms with Crippen LogP contribution >= 0.6 is 0 Å². The summed E-state index contributed by atoms with van der Waals surface area (Å²) in [5.74, 6) is 1.93. The summed E-state index contributed by atoms with van der Waals surface area (Å²) in [6.07, 6.45) is 2.83. The van der Waals surface area contributed by atoms with Crippen LogP contribution in [-0.2, 0) is 6.54 Å². The van der Waals surface area contributed by atoms with Crippen molar-refractivity contribution >= 4 is 0 Å². The highest BCUT2D eigenvalue weighted by atomic mass is 16.5. The van der Waals surface area contributed by atoms with Crippen molar-refractivity contribution in [3.63, 3.8) is 0 Å². The first-order valence-corrected chi connectivity index (χ1v) is 7.39. The van der Waals surface area contributed by atoms with Gasteiger partial charge in [0.1, 0.15) is 12.4 Å². The van der Waals surface area contributed by atoms with Crippen LogP contribution in [0.5, 0.6) is 5.75 Å². The quantitative estimate of drug-likeness (QED) is 0.740. The van der Waals surface area contributed by atoms with Crippen molar-refractivity contribution in [1.82, 2.24) is 10.2 Å². The summed E-state index contributed by atoms with van der Waals surface area (Å²) in [5, 5.41) is 3.32. The van der Waals surface area contributed by atoms with Gasteiger partial charge in [-0.25, -0.2) is 0 Å². The lowest BCUT2D eigenvalue weighted by Crippen LogP contribution is -2.26. The highest BCUT2D eigenvalue weighted by Crippen LogP contribution is 2.29. The van der Waals surface area contributed by atoms with Gasteiger partial charge in [-0.2, -0.15) is 0 Å². The van der Waals surface area contributed by atoms with Gasteiger partial charge in [0.25, 0.3) is 0 Å². The molecule has 1 aromatic rings. The molecular formula is C16H26N2O. The molecule has 0 atom stereocenters. The molecule has 1 aromatic carbocycles. The molecule has 3 nitrogen and oxygen atoms in total. The molecule has 1 aliphatic rings. The largest absolute Gasteiger partial charge is 0.492 e. The first-order valence-electron chi connectivity index (χ1n) is 7.39. The van der Waals surface area contributed by atoms with Gasteiger partial charge in [-0.1, -0.05) is 19.1 Å². The van der Waals surface area contributed by atoms with Crippen molar-refractivity contribution in [3.05, 3.63) is 29.8 Å². The highest BCUT2D eigenvalue weighted by molar-refractivity contribution is 5.27. The van der Waals surface area contributed by atoms with Crippen LogP contribution in [0.3, 0.4) is 0 Å². The first kappa shape index (κ1) is 14.4. The Morgan fingerprint density at radius 1 is 1.26 bits per heavy atom. The Bertz CT molecular complexity index is 360. The monoisotopic (exact) mass is 262 g/mol. The van der Waals surface area contributed by atoms with Crippen molar-refractivity contribution in [1.29, 1.82) is 0 Å². The fourth-order valence-corrected chi connectivity index (χ4v) is 2.12. The minimum Gasteiger partial charge on any atom is -0.492 e. The SMILES string of the molecule is CCNCc1ccc(OCCN(C)CC2CC2)cc1. The van der Waals surface area contributed by atoms with Crippen LogP contribution in [0.4, 0.5) is 0 Å². The van der Waals surface area contributed by atoms with Gasteiger partial charge in [-0.05, 0) is 50.0 Å². The van der Waals surface area contributed by atoms with Crippen LogP contribution in [-0.4, -0.2) is 38.2 Å². The molecule has 0 aliphatic heterocycles. The van der Waals surface area contributed by atoms with E-state index >= 15 is 0 Å². The lowest BCUT2D eigenvalue weighted by atomic mass is 10.2. The minimum absolute atomic E-state index is 0.774. The van der Waals surface area contributed by atoms with Crippen LogP contribution in [0, 0.1) is 5.92 Å². The molecule has 0 heterocycles. The summed E-state index contributed by atoms with van der Waals surface area (Å²) >= 11 is 0. The van der Waals surface area contributed by atoms with E-state index in [1.165, 1.54) is 24.9 Å². The fourth-order valence-electron chi connectivity index (χ4n) is 2.12. The maximum Gasteiger partial charge on any atom is 0.119 e. The third-order valence-electron chi connectivity index (χ3n) is 3.51. The van der Waals surface area contributed by atoms with Gasteiger partial charge in [0.2, 0.25) is 0 Å². The van der Waals surface area contributed by atoms with Crippen molar-refractivity contribution in [2.24, 2.45) is 5.92 Å². The van der Waals surface area contributed by atoms with Crippen LogP contribution in [0.1, 0.15) is 25.3 Å². The average Bonchev–Trinajstić information content (AvgIpc) is 3.22. The molecule has 1 fully saturated rings. The summed E-state index contributed by atoms with van der Waals surface area (Å²) in [6.45, 7) is 7.07. The third-order valence-corrected chi connectivity index (χ3v) is 3.51. The van der Waals surface area contributed by atoms with Crippen molar-refractivity contribution in [2.75, 3.05) is 33.3 Å². The predicted molar refractivity (Wildman–Crippen MR) is 79.5 cm³/mol. The number of rotatable bonds is 9. The molecule has 0 spiro atoms. The molecule has 2 rings (SSSR count). The zero-order chi connectivity index (χ0) is 13.5. The number of nitrogens with zero attached hydrogens (tertiary/aromatic N) is 1. The molecule has 3 heteroatoms. The van der Waals surface area contributed by atoms with E-state index < -0.39 is 0 Å². The van der Waals surface area contributed by atoms with E-state index in [0.717, 1.165) is 37.9 Å². The van der Waals surface area contributed by atoms with E-state index in [4.69, 9.17) is 4.74 Å². The maximum atomic E-state index is 5.78. The Hall–Kier alpha value is -1.06. The number of benzene rings is 1. The zero-order valence-electron chi connectivity index (χ0n) is 12.2. The second-order valence-electron chi connectivity index (χ2n) is 5.48. The number of hydrogen-bond acceptors (Lipinski definition) is 3. The minimum atomic E-state index is 0.774. The van der Waals surface area contributed by atoms with Crippen LogP contribution in [0.15, 0.2) is 24.3 Å². The van der Waals surface area contributed by atoms with E-state index in [0.29, 0.717) is 0 Å². The van der Waals surface area contributed by atoms with E-state index in [1.807, 2.05) is 0 Å². The topological polar surface area (TPSA) is 24.5 Å². The van der Waals surface area contributed by atoms with Crippen LogP contribution in [0.25, 0.3) is 0 Å². The van der Waals surface area contributed by atoms with Gasteiger partial charge < -0.3 is 15.0 Å². The van der Waals surface area contributed by atoms with Gasteiger partial charge in [-0.15, -0.1) is 0 Å². The number of likely N-dealkylation sites (N-methyl/N-ethyl adjacent to an activating group) is 1. The van der Waals surface area contributed by atoms with Crippen molar-refractivity contribution < 1.29 is 4.74 Å². The van der Waals surface area contributed by atoms with Gasteiger partial charge in [0.15, 0.2) is 0 Å². The van der Waals surface area contributed by atoms with Gasteiger partial charge >= 0.3 is 0 Å². The highest BCUT2D eigenvalue weighted by Gasteiger charge is 2.22. The van der Waals surface area contributed by atoms with E-state index in [2.05, 4.69) is 48.5 Å². The third kappa shape index (κ3) is 5.62. The summed E-state index contributed by atoms with van der Waals surface area (Å²) in [4.78, 5) is 2.37. The van der Waals surface area contributed by atoms with Crippen LogP contribution in [0.2, 0.25) is 0 Å². The van der Waals surface area contributed by atoms with Gasteiger partial charge in [0.05, 0.1) is 0 Å². The Morgan fingerprint density at radius 2 is 2.00 bits per heavy atom. The first-order chi connectivity index (χ1) is 9.28. The normalized spacial score (nSPS) is 14.9. The molecule has 0 radical (unpaired) electrons. The molecule has 0 saturated heterocycles. The van der Waals surface area contributed by atoms with Crippen LogP contribution < -0.4 is 10.1 Å². The average molecular weight is 262 g/mol. The lowest BCUT2D eigenvalue weighted by Gasteiger charge is -2.16. The molecule has 0 amide bonds. The second-order valence-corrected chi connectivity index (χ2v) is 5.48. The molecule has 0 unspecified atom stereocenters. The Labute approximate surface area is 116 Å². The number of ether oxygens (including phenoxy) is 1. The molecule has 1 saturated carbocycles. The smallest absolute Gasteiger partial charge is 0.119 e. The van der Waals surface area contributed by atoms with E-state index in [1.54, 1.807) is 0 Å². The Balaban J connectivity index is 1.64. The molecule has 0 bridgehead atoms. The molecular weight excluding hydrogens is 236 g/mol. The van der Waals surface area contributed by atoms with E-state index in [9.17, 15) is 0 Å². The Morgan fingerprint density at radius 3 is 2.63 bits per heavy atom. The van der Waals surface area contributed by atoms with Gasteiger partial charge in [-0.3, -0.25) is 0 Å². The lowest BCUT2D eigenvalue weighted by molar-refractivity contribution is 0.232. The van der Waals surface area contributed by atoms with Gasteiger partial charge in [0, 0.05) is 19.6 Å². The predicted octanol–water partition coefficient (Wildman–Crippen LogP) is 2.52. The molecule has 106 valence electrons. The second kappa shape index (κ2) is 7.51. The Kier molecular flexibility index (Phi) is 5.67. The summed E-state index contributed by atoms with van der Waals surface area (Å²) in [7, 11) is 2.18. The summed E-state index contributed by atoms with van der Waals surface area (Å²) in [5.41, 5.74) is 1.31.